The van der Waals surface area contributed by atoms with Crippen LogP contribution >= 0.6 is 34.8 Å². The van der Waals surface area contributed by atoms with Crippen molar-refractivity contribution in [2.45, 2.75) is 26.2 Å². The zero-order valence-corrected chi connectivity index (χ0v) is 20.9. The number of halogens is 1. The van der Waals surface area contributed by atoms with Gasteiger partial charge in [0.15, 0.2) is 16.6 Å². The van der Waals surface area contributed by atoms with Gasteiger partial charge in [-0.15, -0.1) is 0 Å². The van der Waals surface area contributed by atoms with Crippen LogP contribution < -0.4 is 25.0 Å². The lowest BCUT2D eigenvalue weighted by molar-refractivity contribution is 0.210. The topological polar surface area (TPSA) is 64.1 Å². The Morgan fingerprint density at radius 3 is 2.40 bits per heavy atom. The van der Waals surface area contributed by atoms with E-state index >= 15 is 0 Å². The number of nitrogens with zero attached hydrogens (tertiary/aromatic N) is 1. The van der Waals surface area contributed by atoms with Crippen LogP contribution in [0.1, 0.15) is 31.9 Å². The van der Waals surface area contributed by atoms with E-state index in [9.17, 15) is 0 Å². The quantitative estimate of drug-likeness (QED) is 0.169. The molecular formula is C22H28IN3O3S. The minimum absolute atomic E-state index is 0.126. The van der Waals surface area contributed by atoms with Gasteiger partial charge in [0, 0.05) is 7.05 Å². The lowest BCUT2D eigenvalue weighted by Gasteiger charge is -2.19. The third kappa shape index (κ3) is 7.32. The summed E-state index contributed by atoms with van der Waals surface area (Å²) < 4.78 is 18.1. The number of rotatable bonds is 8. The Hall–Kier alpha value is -2.07. The molecule has 162 valence electrons. The first-order valence-corrected chi connectivity index (χ1v) is 11.0. The highest BCUT2D eigenvalue weighted by Gasteiger charge is 2.13. The number of hydrogen-bond donors (Lipinski definition) is 2. The molecular weight excluding hydrogens is 513 g/mol. The second-order valence-electron chi connectivity index (χ2n) is 7.45. The maximum atomic E-state index is 5.93. The van der Waals surface area contributed by atoms with Crippen LogP contribution in [0.15, 0.2) is 41.5 Å². The fraction of sp³-hybridized carbons (Fsp3) is 0.364. The molecule has 2 rings (SSSR count). The van der Waals surface area contributed by atoms with Gasteiger partial charge in [0.2, 0.25) is 0 Å². The lowest BCUT2D eigenvalue weighted by atomic mass is 9.87. The molecule has 0 spiro atoms. The van der Waals surface area contributed by atoms with E-state index in [1.165, 1.54) is 5.56 Å². The average Bonchev–Trinajstić information content (AvgIpc) is 2.71. The standard InChI is InChI=1S/C22H28IN3O3S/c1-22(2,3)16-6-8-17(9-7-16)28-10-11-29-20-18(23)12-15(13-19(20)27-5)14-25-26-21(30)24-4/h6-9,12-14H,10-11H2,1-5H3,(H2,24,26,30)/b25-14-. The molecule has 0 radical (unpaired) electrons. The van der Waals surface area contributed by atoms with Gasteiger partial charge in [-0.3, -0.25) is 5.43 Å². The Balaban J connectivity index is 1.94. The highest BCUT2D eigenvalue weighted by atomic mass is 127. The highest BCUT2D eigenvalue weighted by Crippen LogP contribution is 2.33. The predicted octanol–water partition coefficient (Wildman–Crippen LogP) is 4.48. The SMILES string of the molecule is CNC(=S)N/N=C\c1cc(I)c(OCCOc2ccc(C(C)(C)C)cc2)c(OC)c1. The maximum absolute atomic E-state index is 5.93. The molecule has 0 unspecified atom stereocenters. The normalized spacial score (nSPS) is 11.3. The number of thiocarbonyl (C=S) groups is 1. The van der Waals surface area contributed by atoms with Crippen molar-refractivity contribution in [2.24, 2.45) is 5.10 Å². The monoisotopic (exact) mass is 541 g/mol. The largest absolute Gasteiger partial charge is 0.493 e. The van der Waals surface area contributed by atoms with Gasteiger partial charge < -0.3 is 19.5 Å². The molecule has 0 atom stereocenters. The Morgan fingerprint density at radius 1 is 1.13 bits per heavy atom. The van der Waals surface area contributed by atoms with Gasteiger partial charge in [0.1, 0.15) is 19.0 Å². The van der Waals surface area contributed by atoms with Crippen molar-refractivity contribution in [1.29, 1.82) is 0 Å². The van der Waals surface area contributed by atoms with Crippen LogP contribution in [0.4, 0.5) is 0 Å². The number of benzene rings is 2. The van der Waals surface area contributed by atoms with E-state index in [1.807, 2.05) is 24.3 Å². The summed E-state index contributed by atoms with van der Waals surface area (Å²) in [7, 11) is 3.34. The molecule has 8 heteroatoms. The van der Waals surface area contributed by atoms with Crippen molar-refractivity contribution in [3.8, 4) is 17.2 Å². The summed E-state index contributed by atoms with van der Waals surface area (Å²) in [6.07, 6.45) is 1.67. The van der Waals surface area contributed by atoms with E-state index in [2.05, 4.69) is 71.3 Å². The fourth-order valence-corrected chi connectivity index (χ4v) is 3.36. The Kier molecular flexibility index (Phi) is 9.16. The van der Waals surface area contributed by atoms with Gasteiger partial charge in [-0.2, -0.15) is 5.10 Å². The molecule has 0 saturated carbocycles. The van der Waals surface area contributed by atoms with Crippen LogP contribution in [-0.4, -0.2) is 38.7 Å². The summed E-state index contributed by atoms with van der Waals surface area (Å²) in [5, 5.41) is 7.33. The third-order valence-electron chi connectivity index (χ3n) is 4.18. The summed E-state index contributed by atoms with van der Waals surface area (Å²) in [5.41, 5.74) is 4.99. The first-order chi connectivity index (χ1) is 14.2. The van der Waals surface area contributed by atoms with Gasteiger partial charge in [-0.05, 0) is 75.6 Å². The average molecular weight is 541 g/mol. The van der Waals surface area contributed by atoms with Crippen LogP contribution in [0, 0.1) is 3.57 Å². The summed E-state index contributed by atoms with van der Waals surface area (Å²) in [4.78, 5) is 0. The Morgan fingerprint density at radius 2 is 1.80 bits per heavy atom. The first kappa shape index (κ1) is 24.2. The van der Waals surface area contributed by atoms with Gasteiger partial charge in [-0.1, -0.05) is 32.9 Å². The molecule has 0 saturated heterocycles. The zero-order chi connectivity index (χ0) is 22.1. The molecule has 2 aromatic carbocycles. The molecule has 30 heavy (non-hydrogen) atoms. The van der Waals surface area contributed by atoms with Gasteiger partial charge >= 0.3 is 0 Å². The van der Waals surface area contributed by atoms with Crippen molar-refractivity contribution in [3.05, 3.63) is 51.1 Å². The van der Waals surface area contributed by atoms with Gasteiger partial charge in [0.05, 0.1) is 16.9 Å². The number of methoxy groups -OCH3 is 1. The molecule has 0 aliphatic carbocycles. The van der Waals surface area contributed by atoms with Gasteiger partial charge in [-0.25, -0.2) is 0 Å². The second-order valence-corrected chi connectivity index (χ2v) is 9.02. The molecule has 0 fully saturated rings. The van der Waals surface area contributed by atoms with E-state index in [1.54, 1.807) is 20.4 Å². The van der Waals surface area contributed by atoms with E-state index in [4.69, 9.17) is 26.4 Å². The number of hydrazone groups is 1. The molecule has 0 heterocycles. The molecule has 2 N–H and O–H groups in total. The maximum Gasteiger partial charge on any atom is 0.186 e. The highest BCUT2D eigenvalue weighted by molar-refractivity contribution is 14.1. The summed E-state index contributed by atoms with van der Waals surface area (Å²) in [5.74, 6) is 2.14. The van der Waals surface area contributed by atoms with Crippen molar-refractivity contribution in [3.63, 3.8) is 0 Å². The minimum atomic E-state index is 0.126. The van der Waals surface area contributed by atoms with Crippen LogP contribution in [0.5, 0.6) is 17.2 Å². The van der Waals surface area contributed by atoms with Crippen LogP contribution in [0.2, 0.25) is 0 Å². The third-order valence-corrected chi connectivity index (χ3v) is 5.27. The second kappa shape index (κ2) is 11.4. The molecule has 0 aliphatic rings. The molecule has 0 aromatic heterocycles. The van der Waals surface area contributed by atoms with Crippen molar-refractivity contribution >= 4 is 46.1 Å². The first-order valence-electron chi connectivity index (χ1n) is 9.49. The van der Waals surface area contributed by atoms with Crippen LogP contribution in [0.25, 0.3) is 0 Å². The number of ether oxygens (including phenoxy) is 3. The Bertz CT molecular complexity index is 880. The van der Waals surface area contributed by atoms with Crippen molar-refractivity contribution < 1.29 is 14.2 Å². The van der Waals surface area contributed by atoms with Crippen molar-refractivity contribution in [1.82, 2.24) is 10.7 Å². The predicted molar refractivity (Wildman–Crippen MR) is 134 cm³/mol. The van der Waals surface area contributed by atoms with Gasteiger partial charge in [0.25, 0.3) is 0 Å². The number of nitrogens with one attached hydrogen (secondary N) is 2. The molecule has 6 nitrogen and oxygen atoms in total. The van der Waals surface area contributed by atoms with E-state index < -0.39 is 0 Å². The smallest absolute Gasteiger partial charge is 0.186 e. The minimum Gasteiger partial charge on any atom is -0.493 e. The Labute approximate surface area is 197 Å². The summed E-state index contributed by atoms with van der Waals surface area (Å²) in [6, 6.07) is 12.0. The fourth-order valence-electron chi connectivity index (χ4n) is 2.53. The summed E-state index contributed by atoms with van der Waals surface area (Å²) >= 11 is 7.20. The molecule has 0 bridgehead atoms. The number of hydrogen-bond acceptors (Lipinski definition) is 5. The van der Waals surface area contributed by atoms with E-state index in [-0.39, 0.29) is 5.41 Å². The van der Waals surface area contributed by atoms with E-state index in [0.717, 1.165) is 14.9 Å². The van der Waals surface area contributed by atoms with Crippen LogP contribution in [-0.2, 0) is 5.41 Å². The molecule has 0 aliphatic heterocycles. The zero-order valence-electron chi connectivity index (χ0n) is 17.9. The molecule has 2 aromatic rings. The lowest BCUT2D eigenvalue weighted by Crippen LogP contribution is -2.28. The molecule has 0 amide bonds. The summed E-state index contributed by atoms with van der Waals surface area (Å²) in [6.45, 7) is 7.41. The van der Waals surface area contributed by atoms with E-state index in [0.29, 0.717) is 29.8 Å². The van der Waals surface area contributed by atoms with Crippen LogP contribution in [0.3, 0.4) is 0 Å². The van der Waals surface area contributed by atoms with Crippen molar-refractivity contribution in [2.75, 3.05) is 27.4 Å².